The average Bonchev–Trinajstić information content (AvgIpc) is 2.63. The van der Waals surface area contributed by atoms with Crippen molar-refractivity contribution < 1.29 is 19.0 Å². The maximum absolute atomic E-state index is 12.8. The molecule has 1 aliphatic rings. The Morgan fingerprint density at radius 1 is 1.35 bits per heavy atom. The number of methoxy groups -OCH3 is 2. The first-order valence-corrected chi connectivity index (χ1v) is 8.35. The van der Waals surface area contributed by atoms with Crippen LogP contribution in [0.2, 0.25) is 5.02 Å². The van der Waals surface area contributed by atoms with Crippen LogP contribution in [0.5, 0.6) is 0 Å². The fourth-order valence-corrected chi connectivity index (χ4v) is 3.09. The molecule has 26 heavy (non-hydrogen) atoms. The lowest BCUT2D eigenvalue weighted by molar-refractivity contribution is -0.139. The number of hydrogen-bond acceptors (Lipinski definition) is 7. The van der Waals surface area contributed by atoms with Crippen LogP contribution in [0.15, 0.2) is 52.3 Å². The highest BCUT2D eigenvalue weighted by molar-refractivity contribution is 6.31. The van der Waals surface area contributed by atoms with Gasteiger partial charge in [0.15, 0.2) is 0 Å². The molecular weight excluding hydrogens is 358 g/mol. The molecule has 4 N–H and O–H groups in total. The van der Waals surface area contributed by atoms with Crippen LogP contribution in [0.3, 0.4) is 0 Å². The molecule has 1 aliphatic heterocycles. The third kappa shape index (κ3) is 3.75. The summed E-state index contributed by atoms with van der Waals surface area (Å²) in [6.07, 6.45) is 0.412. The van der Waals surface area contributed by atoms with Crippen molar-refractivity contribution in [2.75, 3.05) is 20.8 Å². The Hall–Kier alpha value is -2.35. The molecule has 1 unspecified atom stereocenters. The molecule has 2 rings (SSSR count). The number of amidine groups is 1. The van der Waals surface area contributed by atoms with Crippen LogP contribution in [0, 0.1) is 0 Å². The average molecular weight is 380 g/mol. The molecule has 0 aromatic heterocycles. The van der Waals surface area contributed by atoms with Crippen LogP contribution in [0.25, 0.3) is 0 Å². The Balaban J connectivity index is 2.79. The standard InChI is InChI=1S/C18H22ClN3O4/c1-4-26-17(23)14-13(10-7-5-6-8-12(10)19)11(9-20)16(21)22-15(14)18(24-2)25-3/h5-9,13,18H,4,20H2,1-3H3,(H2,21,22)/b11-9-. The van der Waals surface area contributed by atoms with E-state index in [2.05, 4.69) is 4.99 Å². The molecule has 0 amide bonds. The number of esters is 1. The van der Waals surface area contributed by atoms with Crippen LogP contribution >= 0.6 is 11.6 Å². The van der Waals surface area contributed by atoms with Crippen molar-refractivity contribution in [3.63, 3.8) is 0 Å². The minimum absolute atomic E-state index is 0.152. The Labute approximate surface area is 157 Å². The van der Waals surface area contributed by atoms with Crippen LogP contribution in [0.1, 0.15) is 18.4 Å². The molecular formula is C18H22ClN3O4. The largest absolute Gasteiger partial charge is 0.463 e. The van der Waals surface area contributed by atoms with Crippen molar-refractivity contribution >= 4 is 23.4 Å². The van der Waals surface area contributed by atoms with E-state index in [1.807, 2.05) is 6.07 Å². The minimum atomic E-state index is -0.905. The third-order valence-corrected chi connectivity index (χ3v) is 4.30. The highest BCUT2D eigenvalue weighted by atomic mass is 35.5. The zero-order valence-corrected chi connectivity index (χ0v) is 15.6. The monoisotopic (exact) mass is 379 g/mol. The van der Waals surface area contributed by atoms with Gasteiger partial charge in [-0.25, -0.2) is 9.79 Å². The summed E-state index contributed by atoms with van der Waals surface area (Å²) in [5.74, 6) is -1.07. The smallest absolute Gasteiger partial charge is 0.337 e. The van der Waals surface area contributed by atoms with E-state index in [9.17, 15) is 4.79 Å². The van der Waals surface area contributed by atoms with Gasteiger partial charge in [-0.15, -0.1) is 0 Å². The van der Waals surface area contributed by atoms with Crippen molar-refractivity contribution in [3.8, 4) is 0 Å². The topological polar surface area (TPSA) is 109 Å². The van der Waals surface area contributed by atoms with Gasteiger partial charge in [-0.05, 0) is 18.6 Å². The number of benzene rings is 1. The first kappa shape index (κ1) is 20.0. The molecule has 1 aromatic rings. The van der Waals surface area contributed by atoms with E-state index in [1.165, 1.54) is 20.4 Å². The quantitative estimate of drug-likeness (QED) is 0.578. The first-order valence-electron chi connectivity index (χ1n) is 7.97. The summed E-state index contributed by atoms with van der Waals surface area (Å²) in [6.45, 7) is 1.91. The number of halogens is 1. The van der Waals surface area contributed by atoms with Crippen molar-refractivity contribution in [2.24, 2.45) is 16.5 Å². The summed E-state index contributed by atoms with van der Waals surface area (Å²) in [4.78, 5) is 17.1. The number of rotatable bonds is 6. The molecule has 7 nitrogen and oxygen atoms in total. The van der Waals surface area contributed by atoms with E-state index in [0.717, 1.165) is 0 Å². The van der Waals surface area contributed by atoms with Crippen molar-refractivity contribution in [1.82, 2.24) is 0 Å². The molecule has 8 heteroatoms. The summed E-state index contributed by atoms with van der Waals surface area (Å²) in [7, 11) is 2.88. The van der Waals surface area contributed by atoms with Crippen LogP contribution in [-0.2, 0) is 19.0 Å². The summed E-state index contributed by atoms with van der Waals surface area (Å²) in [5, 5.41) is 0.457. The van der Waals surface area contributed by atoms with E-state index in [0.29, 0.717) is 16.2 Å². The lowest BCUT2D eigenvalue weighted by atomic mass is 9.81. The van der Waals surface area contributed by atoms with E-state index in [-0.39, 0.29) is 23.7 Å². The van der Waals surface area contributed by atoms with Gasteiger partial charge in [-0.2, -0.15) is 0 Å². The molecule has 1 heterocycles. The molecule has 0 radical (unpaired) electrons. The minimum Gasteiger partial charge on any atom is -0.463 e. The second-order valence-corrected chi connectivity index (χ2v) is 5.80. The molecule has 0 saturated carbocycles. The Morgan fingerprint density at radius 3 is 2.54 bits per heavy atom. The zero-order chi connectivity index (χ0) is 19.3. The van der Waals surface area contributed by atoms with Gasteiger partial charge >= 0.3 is 5.97 Å². The van der Waals surface area contributed by atoms with Crippen LogP contribution < -0.4 is 11.5 Å². The predicted octanol–water partition coefficient (Wildman–Crippen LogP) is 2.07. The molecule has 0 spiro atoms. The van der Waals surface area contributed by atoms with Gasteiger partial charge in [0, 0.05) is 36.9 Å². The first-order chi connectivity index (χ1) is 12.5. The van der Waals surface area contributed by atoms with Crippen molar-refractivity contribution in [2.45, 2.75) is 19.1 Å². The van der Waals surface area contributed by atoms with Gasteiger partial charge in [-0.1, -0.05) is 29.8 Å². The highest BCUT2D eigenvalue weighted by Gasteiger charge is 2.38. The lowest BCUT2D eigenvalue weighted by Gasteiger charge is -2.30. The number of aliphatic imine (C=N–C) groups is 1. The summed E-state index contributed by atoms with van der Waals surface area (Å²) in [6, 6.07) is 7.11. The van der Waals surface area contributed by atoms with Crippen molar-refractivity contribution in [3.05, 3.63) is 57.9 Å². The Bertz CT molecular complexity index is 769. The van der Waals surface area contributed by atoms with Crippen LogP contribution in [0.4, 0.5) is 0 Å². The van der Waals surface area contributed by atoms with Gasteiger partial charge in [0.25, 0.3) is 0 Å². The molecule has 0 aliphatic carbocycles. The summed E-state index contributed by atoms with van der Waals surface area (Å²) >= 11 is 6.38. The van der Waals surface area contributed by atoms with Gasteiger partial charge in [-0.3, -0.25) is 0 Å². The van der Waals surface area contributed by atoms with E-state index in [1.54, 1.807) is 25.1 Å². The summed E-state index contributed by atoms with van der Waals surface area (Å²) < 4.78 is 15.8. The van der Waals surface area contributed by atoms with E-state index in [4.69, 9.17) is 37.3 Å². The summed E-state index contributed by atoms with van der Waals surface area (Å²) in [5.41, 5.74) is 13.4. The number of hydrogen-bond donors (Lipinski definition) is 2. The zero-order valence-electron chi connectivity index (χ0n) is 14.9. The van der Waals surface area contributed by atoms with E-state index >= 15 is 0 Å². The number of carbonyl (C=O) groups is 1. The molecule has 0 bridgehead atoms. The molecule has 1 aromatic carbocycles. The molecule has 1 atom stereocenters. The fraction of sp³-hybridized carbons (Fsp3) is 0.333. The normalized spacial score (nSPS) is 19.0. The lowest BCUT2D eigenvalue weighted by Crippen LogP contribution is -2.34. The van der Waals surface area contributed by atoms with Gasteiger partial charge in [0.05, 0.1) is 12.2 Å². The predicted molar refractivity (Wildman–Crippen MR) is 99.6 cm³/mol. The third-order valence-electron chi connectivity index (χ3n) is 3.95. The van der Waals surface area contributed by atoms with Crippen molar-refractivity contribution in [1.29, 1.82) is 0 Å². The fourth-order valence-electron chi connectivity index (χ4n) is 2.85. The second kappa shape index (κ2) is 8.84. The molecule has 140 valence electrons. The maximum atomic E-state index is 12.8. The number of nitrogens with two attached hydrogens (primary N) is 2. The van der Waals surface area contributed by atoms with Gasteiger partial charge in [0.1, 0.15) is 11.5 Å². The Kier molecular flexibility index (Phi) is 6.79. The second-order valence-electron chi connectivity index (χ2n) is 5.40. The van der Waals surface area contributed by atoms with Gasteiger partial charge in [0.2, 0.25) is 6.29 Å². The number of carbonyl (C=O) groups excluding carboxylic acids is 1. The highest BCUT2D eigenvalue weighted by Crippen LogP contribution is 2.41. The van der Waals surface area contributed by atoms with Gasteiger partial charge < -0.3 is 25.7 Å². The SMILES string of the molecule is CCOC(=O)C1=C(C(OC)OC)N=C(N)/C(=C\N)C1c1ccccc1Cl. The molecule has 0 fully saturated rings. The maximum Gasteiger partial charge on any atom is 0.337 e. The Morgan fingerprint density at radius 2 is 2.00 bits per heavy atom. The van der Waals surface area contributed by atoms with Crippen LogP contribution in [-0.4, -0.2) is 38.9 Å². The number of ether oxygens (including phenoxy) is 3. The molecule has 0 saturated heterocycles. The number of nitrogens with zero attached hydrogens (tertiary/aromatic N) is 1. The van der Waals surface area contributed by atoms with E-state index < -0.39 is 18.2 Å².